The molecule has 0 aliphatic heterocycles. The third-order valence-corrected chi connectivity index (χ3v) is 4.62. The molecule has 1 N–H and O–H groups in total. The van der Waals surface area contributed by atoms with Gasteiger partial charge in [0, 0.05) is 27.5 Å². The summed E-state index contributed by atoms with van der Waals surface area (Å²) in [7, 11) is 0. The molecule has 20 heavy (non-hydrogen) atoms. The molecule has 1 heterocycles. The number of para-hydroxylation sites is 1. The van der Waals surface area contributed by atoms with E-state index in [1.165, 1.54) is 40.6 Å². The van der Waals surface area contributed by atoms with Gasteiger partial charge in [-0.2, -0.15) is 0 Å². The molecule has 0 fully saturated rings. The number of fused-ring (bicyclic) bond motifs is 3. The third kappa shape index (κ3) is 1.85. The molecule has 4 rings (SSSR count). The van der Waals surface area contributed by atoms with E-state index in [9.17, 15) is 0 Å². The summed E-state index contributed by atoms with van der Waals surface area (Å²) < 4.78 is 0. The van der Waals surface area contributed by atoms with Gasteiger partial charge >= 0.3 is 0 Å². The fourth-order valence-corrected chi connectivity index (χ4v) is 3.60. The van der Waals surface area contributed by atoms with E-state index in [-0.39, 0.29) is 0 Å². The first kappa shape index (κ1) is 12.0. The molecule has 1 atom stereocenters. The van der Waals surface area contributed by atoms with Crippen molar-refractivity contribution in [2.45, 2.75) is 25.2 Å². The van der Waals surface area contributed by atoms with Crippen LogP contribution in [0.1, 0.15) is 35.6 Å². The highest BCUT2D eigenvalue weighted by atomic mass is 35.5. The van der Waals surface area contributed by atoms with Crippen LogP contribution in [0.2, 0.25) is 5.02 Å². The number of hydrogen-bond acceptors (Lipinski definition) is 0. The molecule has 0 radical (unpaired) electrons. The normalized spacial score (nSPS) is 18.1. The van der Waals surface area contributed by atoms with E-state index >= 15 is 0 Å². The zero-order chi connectivity index (χ0) is 13.5. The zero-order valence-corrected chi connectivity index (χ0v) is 12.0. The van der Waals surface area contributed by atoms with Crippen LogP contribution in [0, 0.1) is 0 Å². The molecular formula is C18H16ClN. The molecule has 0 spiro atoms. The van der Waals surface area contributed by atoms with Crippen LogP contribution in [0.15, 0.2) is 48.5 Å². The van der Waals surface area contributed by atoms with Gasteiger partial charge in [0.05, 0.1) is 0 Å². The Bertz CT molecular complexity index is 755. The Hall–Kier alpha value is -1.73. The molecule has 1 aromatic heterocycles. The number of nitrogens with one attached hydrogen (secondary N) is 1. The number of aromatic amines is 1. The molecule has 0 saturated heterocycles. The van der Waals surface area contributed by atoms with Crippen molar-refractivity contribution in [3.8, 4) is 0 Å². The van der Waals surface area contributed by atoms with Crippen molar-refractivity contribution in [3.05, 3.63) is 70.4 Å². The number of hydrogen-bond donors (Lipinski definition) is 1. The standard InChI is InChI=1S/C18H16ClN/c19-13-10-8-12(9-11-13)14-5-3-7-17-18(14)15-4-1-2-6-16(15)20-17/h1-2,4,6,8-11,14,20H,3,5,7H2/t14-/m0/s1. The van der Waals surface area contributed by atoms with Gasteiger partial charge in [-0.05, 0) is 48.6 Å². The second-order valence-electron chi connectivity index (χ2n) is 5.56. The Morgan fingerprint density at radius 2 is 1.80 bits per heavy atom. The maximum Gasteiger partial charge on any atom is 0.0459 e. The van der Waals surface area contributed by atoms with Crippen LogP contribution in [0.25, 0.3) is 10.9 Å². The van der Waals surface area contributed by atoms with Crippen molar-refractivity contribution < 1.29 is 0 Å². The fraction of sp³-hybridized carbons (Fsp3) is 0.222. The highest BCUT2D eigenvalue weighted by Gasteiger charge is 2.25. The Kier molecular flexibility index (Phi) is 2.82. The average molecular weight is 282 g/mol. The zero-order valence-electron chi connectivity index (χ0n) is 11.2. The van der Waals surface area contributed by atoms with Crippen LogP contribution in [0.3, 0.4) is 0 Å². The smallest absolute Gasteiger partial charge is 0.0459 e. The molecule has 3 aromatic rings. The van der Waals surface area contributed by atoms with E-state index in [1.54, 1.807) is 0 Å². The van der Waals surface area contributed by atoms with Crippen molar-refractivity contribution >= 4 is 22.5 Å². The first-order valence-electron chi connectivity index (χ1n) is 7.18. The summed E-state index contributed by atoms with van der Waals surface area (Å²) in [6.07, 6.45) is 3.62. The van der Waals surface area contributed by atoms with Gasteiger partial charge in [-0.15, -0.1) is 0 Å². The molecule has 1 aliphatic carbocycles. The first-order valence-corrected chi connectivity index (χ1v) is 7.55. The summed E-state index contributed by atoms with van der Waals surface area (Å²) in [5, 5.41) is 2.19. The number of rotatable bonds is 1. The van der Waals surface area contributed by atoms with Gasteiger partial charge in [0.25, 0.3) is 0 Å². The number of H-pyrrole nitrogens is 1. The van der Waals surface area contributed by atoms with Crippen LogP contribution in [0.5, 0.6) is 0 Å². The number of benzene rings is 2. The van der Waals surface area contributed by atoms with Crippen LogP contribution in [-0.2, 0) is 6.42 Å². The molecular weight excluding hydrogens is 266 g/mol. The number of aryl methyl sites for hydroxylation is 1. The predicted octanol–water partition coefficient (Wildman–Crippen LogP) is 5.29. The molecule has 1 nitrogen and oxygen atoms in total. The topological polar surface area (TPSA) is 15.8 Å². The largest absolute Gasteiger partial charge is 0.358 e. The van der Waals surface area contributed by atoms with Crippen LogP contribution >= 0.6 is 11.6 Å². The van der Waals surface area contributed by atoms with E-state index in [0.717, 1.165) is 11.4 Å². The Balaban J connectivity index is 1.90. The van der Waals surface area contributed by atoms with Crippen molar-refractivity contribution in [1.82, 2.24) is 4.98 Å². The minimum atomic E-state index is 0.493. The van der Waals surface area contributed by atoms with Crippen molar-refractivity contribution in [2.24, 2.45) is 0 Å². The molecule has 0 unspecified atom stereocenters. The van der Waals surface area contributed by atoms with Crippen LogP contribution < -0.4 is 0 Å². The lowest BCUT2D eigenvalue weighted by atomic mass is 9.81. The average Bonchev–Trinajstić information content (AvgIpc) is 2.86. The van der Waals surface area contributed by atoms with E-state index in [2.05, 4.69) is 41.4 Å². The molecule has 0 saturated carbocycles. The lowest BCUT2D eigenvalue weighted by molar-refractivity contribution is 0.613. The van der Waals surface area contributed by atoms with Crippen molar-refractivity contribution in [3.63, 3.8) is 0 Å². The minimum Gasteiger partial charge on any atom is -0.358 e. The lowest BCUT2D eigenvalue weighted by Gasteiger charge is -2.23. The molecule has 100 valence electrons. The van der Waals surface area contributed by atoms with Gasteiger partial charge in [0.2, 0.25) is 0 Å². The Morgan fingerprint density at radius 3 is 2.65 bits per heavy atom. The van der Waals surface area contributed by atoms with Gasteiger partial charge in [-0.1, -0.05) is 41.9 Å². The highest BCUT2D eigenvalue weighted by molar-refractivity contribution is 6.30. The van der Waals surface area contributed by atoms with Crippen molar-refractivity contribution in [2.75, 3.05) is 0 Å². The third-order valence-electron chi connectivity index (χ3n) is 4.37. The fourth-order valence-electron chi connectivity index (χ4n) is 3.47. The summed E-state index contributed by atoms with van der Waals surface area (Å²) in [5.74, 6) is 0.493. The SMILES string of the molecule is Clc1ccc([C@@H]2CCCc3[nH]c4ccccc4c32)cc1. The number of halogens is 1. The summed E-state index contributed by atoms with van der Waals surface area (Å²) >= 11 is 6.02. The summed E-state index contributed by atoms with van der Waals surface area (Å²) in [4.78, 5) is 3.60. The monoisotopic (exact) mass is 281 g/mol. The van der Waals surface area contributed by atoms with Gasteiger partial charge in [0.1, 0.15) is 0 Å². The predicted molar refractivity (Wildman–Crippen MR) is 84.5 cm³/mol. The minimum absolute atomic E-state index is 0.493. The molecule has 2 aromatic carbocycles. The van der Waals surface area contributed by atoms with Gasteiger partial charge < -0.3 is 4.98 Å². The Labute approximate surface area is 123 Å². The van der Waals surface area contributed by atoms with E-state index in [0.29, 0.717) is 5.92 Å². The highest BCUT2D eigenvalue weighted by Crippen LogP contribution is 2.41. The van der Waals surface area contributed by atoms with Gasteiger partial charge in [-0.25, -0.2) is 0 Å². The molecule has 0 amide bonds. The Morgan fingerprint density at radius 1 is 1.00 bits per heavy atom. The molecule has 2 heteroatoms. The summed E-state index contributed by atoms with van der Waals surface area (Å²) in [5.41, 5.74) is 5.55. The summed E-state index contributed by atoms with van der Waals surface area (Å²) in [6, 6.07) is 17.0. The van der Waals surface area contributed by atoms with Crippen LogP contribution in [0.4, 0.5) is 0 Å². The number of aromatic nitrogens is 1. The quantitative estimate of drug-likeness (QED) is 0.624. The lowest BCUT2D eigenvalue weighted by Crippen LogP contribution is -2.09. The van der Waals surface area contributed by atoms with E-state index in [4.69, 9.17) is 11.6 Å². The van der Waals surface area contributed by atoms with E-state index < -0.39 is 0 Å². The van der Waals surface area contributed by atoms with Gasteiger partial charge in [0.15, 0.2) is 0 Å². The maximum absolute atomic E-state index is 6.02. The first-order chi connectivity index (χ1) is 9.83. The van der Waals surface area contributed by atoms with Crippen molar-refractivity contribution in [1.29, 1.82) is 0 Å². The second-order valence-corrected chi connectivity index (χ2v) is 6.00. The van der Waals surface area contributed by atoms with E-state index in [1.807, 2.05) is 12.1 Å². The van der Waals surface area contributed by atoms with Crippen LogP contribution in [-0.4, -0.2) is 4.98 Å². The van der Waals surface area contributed by atoms with Gasteiger partial charge in [-0.3, -0.25) is 0 Å². The second kappa shape index (κ2) is 4.68. The molecule has 0 bridgehead atoms. The maximum atomic E-state index is 6.02. The molecule has 1 aliphatic rings. The summed E-state index contributed by atoms with van der Waals surface area (Å²) in [6.45, 7) is 0.